The van der Waals surface area contributed by atoms with E-state index >= 15 is 0 Å². The summed E-state index contributed by atoms with van der Waals surface area (Å²) in [4.78, 5) is 0. The van der Waals surface area contributed by atoms with Gasteiger partial charge in [-0.15, -0.1) is 0 Å². The Morgan fingerprint density at radius 2 is 1.94 bits per heavy atom. The Bertz CT molecular complexity index is 501. The van der Waals surface area contributed by atoms with Gasteiger partial charge in [0, 0.05) is 5.69 Å². The molecule has 0 amide bonds. The van der Waals surface area contributed by atoms with Crippen LogP contribution in [0, 0.1) is 5.41 Å². The Morgan fingerprint density at radius 1 is 1.33 bits per heavy atom. The van der Waals surface area contributed by atoms with Gasteiger partial charge in [-0.3, -0.25) is 4.72 Å². The van der Waals surface area contributed by atoms with E-state index in [-0.39, 0.29) is 11.2 Å². The zero-order chi connectivity index (χ0) is 14.0. The highest BCUT2D eigenvalue weighted by Gasteiger charge is 2.21. The van der Waals surface area contributed by atoms with E-state index < -0.39 is 16.1 Å². The molecule has 0 spiro atoms. The van der Waals surface area contributed by atoms with Gasteiger partial charge >= 0.3 is 0 Å². The predicted molar refractivity (Wildman–Crippen MR) is 73.9 cm³/mol. The molecule has 2 N–H and O–H groups in total. The summed E-state index contributed by atoms with van der Waals surface area (Å²) in [5.74, 6) is 0.0545. The van der Waals surface area contributed by atoms with Gasteiger partial charge in [0.2, 0.25) is 10.0 Å². The molecule has 1 unspecified atom stereocenters. The van der Waals surface area contributed by atoms with Crippen LogP contribution in [-0.2, 0) is 10.0 Å². The molecule has 0 heterocycles. The number of hydrogen-bond donors (Lipinski definition) is 2. The summed E-state index contributed by atoms with van der Waals surface area (Å²) in [6.45, 7) is 7.26. The second-order valence-corrected chi connectivity index (χ2v) is 7.45. The van der Waals surface area contributed by atoms with Gasteiger partial charge in [0.1, 0.15) is 0 Å². The van der Waals surface area contributed by atoms with Crippen LogP contribution in [0.2, 0.25) is 0 Å². The highest BCUT2D eigenvalue weighted by molar-refractivity contribution is 7.92. The van der Waals surface area contributed by atoms with Gasteiger partial charge in [-0.1, -0.05) is 32.9 Å². The largest absolute Gasteiger partial charge is 0.389 e. The molecule has 1 aromatic carbocycles. The highest BCUT2D eigenvalue weighted by atomic mass is 32.2. The summed E-state index contributed by atoms with van der Waals surface area (Å²) in [5.41, 5.74) is 0.872. The molecule has 102 valence electrons. The molecular weight excluding hydrogens is 250 g/mol. The fraction of sp³-hybridized carbons (Fsp3) is 0.538. The number of hydrogen-bond acceptors (Lipinski definition) is 3. The summed E-state index contributed by atoms with van der Waals surface area (Å²) >= 11 is 0. The first-order valence-electron chi connectivity index (χ1n) is 5.88. The Labute approximate surface area is 109 Å². The fourth-order valence-corrected chi connectivity index (χ4v) is 3.35. The Kier molecular flexibility index (Phi) is 4.40. The van der Waals surface area contributed by atoms with Crippen molar-refractivity contribution in [1.82, 2.24) is 0 Å². The van der Waals surface area contributed by atoms with Crippen molar-refractivity contribution in [3.05, 3.63) is 29.8 Å². The van der Waals surface area contributed by atoms with Gasteiger partial charge in [0.15, 0.2) is 0 Å². The predicted octanol–water partition coefficient (Wildman–Crippen LogP) is 2.53. The van der Waals surface area contributed by atoms with Crippen LogP contribution in [0.3, 0.4) is 0 Å². The second kappa shape index (κ2) is 5.28. The van der Waals surface area contributed by atoms with E-state index in [0.717, 1.165) is 0 Å². The van der Waals surface area contributed by atoms with E-state index in [2.05, 4.69) is 4.72 Å². The molecule has 0 aliphatic rings. The number of benzene rings is 1. The molecule has 0 aliphatic carbocycles. The third kappa shape index (κ3) is 5.06. The zero-order valence-electron chi connectivity index (χ0n) is 11.3. The monoisotopic (exact) mass is 271 g/mol. The number of rotatable bonds is 4. The number of sulfonamides is 1. The molecule has 0 saturated heterocycles. The minimum atomic E-state index is -3.37. The highest BCUT2D eigenvalue weighted by Crippen LogP contribution is 2.21. The lowest BCUT2D eigenvalue weighted by molar-refractivity contribution is 0.199. The van der Waals surface area contributed by atoms with Crippen molar-refractivity contribution < 1.29 is 13.5 Å². The van der Waals surface area contributed by atoms with Crippen LogP contribution in [0.4, 0.5) is 5.69 Å². The van der Waals surface area contributed by atoms with Gasteiger partial charge in [0.25, 0.3) is 0 Å². The molecule has 0 bridgehead atoms. The van der Waals surface area contributed by atoms with Gasteiger partial charge < -0.3 is 5.11 Å². The molecular formula is C13H21NO3S. The van der Waals surface area contributed by atoms with Gasteiger partial charge in [-0.05, 0) is 30.0 Å². The van der Waals surface area contributed by atoms with Crippen molar-refractivity contribution in [3.63, 3.8) is 0 Å². The lowest BCUT2D eigenvalue weighted by Crippen LogP contribution is -2.26. The van der Waals surface area contributed by atoms with Crippen LogP contribution in [0.5, 0.6) is 0 Å². The third-order valence-corrected chi connectivity index (χ3v) is 4.06. The molecule has 0 aliphatic heterocycles. The third-order valence-electron chi connectivity index (χ3n) is 2.27. The van der Waals surface area contributed by atoms with E-state index in [9.17, 15) is 13.5 Å². The SMILES string of the molecule is CC(O)c1cccc(NS(=O)(=O)CC(C)(C)C)c1. The number of aliphatic hydroxyl groups excluding tert-OH is 1. The van der Waals surface area contributed by atoms with Crippen molar-refractivity contribution in [1.29, 1.82) is 0 Å². The molecule has 0 saturated carbocycles. The van der Waals surface area contributed by atoms with Crippen LogP contribution in [0.1, 0.15) is 39.4 Å². The van der Waals surface area contributed by atoms with E-state index in [0.29, 0.717) is 11.3 Å². The lowest BCUT2D eigenvalue weighted by Gasteiger charge is -2.19. The van der Waals surface area contributed by atoms with E-state index in [4.69, 9.17) is 0 Å². The van der Waals surface area contributed by atoms with Crippen LogP contribution in [0.25, 0.3) is 0 Å². The maximum Gasteiger partial charge on any atom is 0.233 e. The topological polar surface area (TPSA) is 66.4 Å². The average Bonchev–Trinajstić information content (AvgIpc) is 2.12. The van der Waals surface area contributed by atoms with Crippen molar-refractivity contribution in [2.75, 3.05) is 10.5 Å². The maximum absolute atomic E-state index is 11.9. The number of aliphatic hydroxyl groups is 1. The van der Waals surface area contributed by atoms with Crippen molar-refractivity contribution in [3.8, 4) is 0 Å². The summed E-state index contributed by atoms with van der Waals surface area (Å²) < 4.78 is 26.4. The molecule has 0 radical (unpaired) electrons. The molecule has 5 heteroatoms. The first-order valence-corrected chi connectivity index (χ1v) is 7.53. The van der Waals surface area contributed by atoms with Crippen LogP contribution in [0.15, 0.2) is 24.3 Å². The van der Waals surface area contributed by atoms with Crippen LogP contribution in [-0.4, -0.2) is 19.3 Å². The molecule has 1 atom stereocenters. The van der Waals surface area contributed by atoms with E-state index in [1.165, 1.54) is 0 Å². The summed E-state index contributed by atoms with van der Waals surface area (Å²) in [6, 6.07) is 6.79. The first kappa shape index (κ1) is 15.0. The van der Waals surface area contributed by atoms with Gasteiger partial charge in [-0.2, -0.15) is 0 Å². The van der Waals surface area contributed by atoms with Gasteiger partial charge in [-0.25, -0.2) is 8.42 Å². The Morgan fingerprint density at radius 3 is 2.44 bits per heavy atom. The van der Waals surface area contributed by atoms with Crippen LogP contribution >= 0.6 is 0 Å². The Balaban J connectivity index is 2.88. The van der Waals surface area contributed by atoms with E-state index in [1.54, 1.807) is 31.2 Å². The smallest absolute Gasteiger partial charge is 0.233 e. The standard InChI is InChI=1S/C13H21NO3S/c1-10(15)11-6-5-7-12(8-11)14-18(16,17)9-13(2,3)4/h5-8,10,14-15H,9H2,1-4H3. The minimum Gasteiger partial charge on any atom is -0.389 e. The first-order chi connectivity index (χ1) is 8.09. The van der Waals surface area contributed by atoms with Crippen LogP contribution < -0.4 is 4.72 Å². The Hall–Kier alpha value is -1.07. The van der Waals surface area contributed by atoms with Crippen molar-refractivity contribution in [2.24, 2.45) is 5.41 Å². The number of nitrogens with one attached hydrogen (secondary N) is 1. The normalized spacial score (nSPS) is 14.3. The fourth-order valence-electron chi connectivity index (χ4n) is 1.65. The van der Waals surface area contributed by atoms with Crippen molar-refractivity contribution in [2.45, 2.75) is 33.8 Å². The molecule has 0 aromatic heterocycles. The van der Waals surface area contributed by atoms with Gasteiger partial charge in [0.05, 0.1) is 11.9 Å². The zero-order valence-corrected chi connectivity index (χ0v) is 12.1. The maximum atomic E-state index is 11.9. The van der Waals surface area contributed by atoms with E-state index in [1.807, 2.05) is 20.8 Å². The molecule has 18 heavy (non-hydrogen) atoms. The number of anilines is 1. The minimum absolute atomic E-state index is 0.0545. The summed E-state index contributed by atoms with van der Waals surface area (Å²) in [5, 5.41) is 9.46. The van der Waals surface area contributed by atoms with Crippen molar-refractivity contribution >= 4 is 15.7 Å². The quantitative estimate of drug-likeness (QED) is 0.884. The average molecular weight is 271 g/mol. The summed E-state index contributed by atoms with van der Waals surface area (Å²) in [6.07, 6.45) is -0.614. The second-order valence-electron chi connectivity index (χ2n) is 5.72. The molecule has 1 rings (SSSR count). The lowest BCUT2D eigenvalue weighted by atomic mass is 10.0. The summed E-state index contributed by atoms with van der Waals surface area (Å²) in [7, 11) is -3.37. The molecule has 4 nitrogen and oxygen atoms in total. The molecule has 0 fully saturated rings. The molecule has 1 aromatic rings.